The number of aromatic nitrogens is 4. The molecule has 0 spiro atoms. The summed E-state index contributed by atoms with van der Waals surface area (Å²) >= 11 is 0. The monoisotopic (exact) mass is 382 g/mol. The number of alkyl halides is 3. The Morgan fingerprint density at radius 3 is 2.36 bits per heavy atom. The summed E-state index contributed by atoms with van der Waals surface area (Å²) < 4.78 is 43.6. The Balaban J connectivity index is 1.69. The van der Waals surface area contributed by atoms with Crippen molar-refractivity contribution in [2.24, 2.45) is 0 Å². The average Bonchev–Trinajstić information content (AvgIpc) is 3.18. The first kappa shape index (κ1) is 17.8. The van der Waals surface area contributed by atoms with Crippen molar-refractivity contribution in [1.29, 1.82) is 0 Å². The van der Waals surface area contributed by atoms with Gasteiger partial charge in [0.15, 0.2) is 0 Å². The number of rotatable bonds is 3. The molecule has 0 aliphatic heterocycles. The molecule has 0 bridgehead atoms. The summed E-state index contributed by atoms with van der Waals surface area (Å²) in [5, 5.41) is 3.94. The Hall–Kier alpha value is -3.55. The lowest BCUT2D eigenvalue weighted by Gasteiger charge is -2.09. The minimum Gasteiger partial charge on any atom is -0.332 e. The van der Waals surface area contributed by atoms with Gasteiger partial charge in [0.05, 0.1) is 5.56 Å². The molecule has 0 fully saturated rings. The number of halogens is 3. The smallest absolute Gasteiger partial charge is 0.332 e. The molecule has 3 heterocycles. The van der Waals surface area contributed by atoms with Gasteiger partial charge in [-0.15, -0.1) is 0 Å². The Kier molecular flexibility index (Phi) is 4.38. The van der Waals surface area contributed by atoms with Gasteiger partial charge in [-0.05, 0) is 54.4 Å². The third-order valence-electron chi connectivity index (χ3n) is 4.06. The van der Waals surface area contributed by atoms with Crippen LogP contribution in [0.1, 0.15) is 11.3 Å². The van der Waals surface area contributed by atoms with Gasteiger partial charge in [0.2, 0.25) is 5.82 Å². The standard InChI is InChI=1S/C20H13F3N4O/c1-12-9-15(13-4-6-16(7-5-13)20(21,22)23)10-17(25-12)19-26-18(27-28-19)14-3-2-8-24-11-14/h2-11H,1H3. The largest absolute Gasteiger partial charge is 0.416 e. The second-order valence-corrected chi connectivity index (χ2v) is 6.12. The average molecular weight is 382 g/mol. The van der Waals surface area contributed by atoms with Gasteiger partial charge < -0.3 is 4.52 Å². The number of pyridine rings is 2. The summed E-state index contributed by atoms with van der Waals surface area (Å²) in [5.41, 5.74) is 2.46. The molecule has 0 saturated heterocycles. The zero-order valence-electron chi connectivity index (χ0n) is 14.6. The van der Waals surface area contributed by atoms with Crippen LogP contribution in [0, 0.1) is 6.92 Å². The lowest BCUT2D eigenvalue weighted by molar-refractivity contribution is -0.137. The summed E-state index contributed by atoms with van der Waals surface area (Å²) in [7, 11) is 0. The number of aryl methyl sites for hydroxylation is 1. The molecule has 8 heteroatoms. The fourth-order valence-corrected chi connectivity index (χ4v) is 2.74. The first-order valence-electron chi connectivity index (χ1n) is 8.31. The maximum absolute atomic E-state index is 12.8. The van der Waals surface area contributed by atoms with Crippen LogP contribution in [0.5, 0.6) is 0 Å². The van der Waals surface area contributed by atoms with E-state index in [1.54, 1.807) is 43.6 Å². The highest BCUT2D eigenvalue weighted by Crippen LogP contribution is 2.32. The molecule has 0 unspecified atom stereocenters. The predicted octanol–water partition coefficient (Wildman–Crippen LogP) is 5.19. The molecule has 0 saturated carbocycles. The quantitative estimate of drug-likeness (QED) is 0.488. The molecule has 1 aromatic carbocycles. The highest BCUT2D eigenvalue weighted by atomic mass is 19.4. The maximum Gasteiger partial charge on any atom is 0.416 e. The first-order chi connectivity index (χ1) is 13.4. The molecule has 5 nitrogen and oxygen atoms in total. The van der Waals surface area contributed by atoms with Gasteiger partial charge >= 0.3 is 6.18 Å². The molecule has 28 heavy (non-hydrogen) atoms. The predicted molar refractivity (Wildman–Crippen MR) is 95.9 cm³/mol. The van der Waals surface area contributed by atoms with Crippen molar-refractivity contribution in [3.63, 3.8) is 0 Å². The van der Waals surface area contributed by atoms with Gasteiger partial charge in [-0.3, -0.25) is 4.98 Å². The minimum absolute atomic E-state index is 0.218. The van der Waals surface area contributed by atoms with Crippen molar-refractivity contribution in [1.82, 2.24) is 20.1 Å². The topological polar surface area (TPSA) is 64.7 Å². The highest BCUT2D eigenvalue weighted by Gasteiger charge is 2.30. The van der Waals surface area contributed by atoms with Crippen molar-refractivity contribution in [3.05, 3.63) is 72.2 Å². The van der Waals surface area contributed by atoms with E-state index in [1.807, 2.05) is 0 Å². The van der Waals surface area contributed by atoms with Crippen LogP contribution in [0.4, 0.5) is 13.2 Å². The van der Waals surface area contributed by atoms with E-state index in [9.17, 15) is 13.2 Å². The summed E-state index contributed by atoms with van der Waals surface area (Å²) in [5.74, 6) is 0.596. The van der Waals surface area contributed by atoms with Crippen LogP contribution in [0.15, 0.2) is 65.4 Å². The van der Waals surface area contributed by atoms with Gasteiger partial charge in [0.25, 0.3) is 5.89 Å². The highest BCUT2D eigenvalue weighted by molar-refractivity contribution is 5.69. The van der Waals surface area contributed by atoms with Crippen LogP contribution in [-0.2, 0) is 6.18 Å². The Labute approximate surface area is 157 Å². The third kappa shape index (κ3) is 3.62. The first-order valence-corrected chi connectivity index (χ1v) is 8.31. The molecule has 0 atom stereocenters. The van der Waals surface area contributed by atoms with Crippen molar-refractivity contribution >= 4 is 0 Å². The zero-order valence-corrected chi connectivity index (χ0v) is 14.6. The third-order valence-corrected chi connectivity index (χ3v) is 4.06. The Morgan fingerprint density at radius 2 is 1.68 bits per heavy atom. The van der Waals surface area contributed by atoms with Gasteiger partial charge in [0, 0.05) is 23.7 Å². The van der Waals surface area contributed by atoms with E-state index >= 15 is 0 Å². The van der Waals surface area contributed by atoms with Crippen LogP contribution in [0.25, 0.3) is 34.1 Å². The van der Waals surface area contributed by atoms with E-state index < -0.39 is 11.7 Å². The van der Waals surface area contributed by atoms with Crippen LogP contribution in [-0.4, -0.2) is 20.1 Å². The number of nitrogens with zero attached hydrogens (tertiary/aromatic N) is 4. The molecule has 0 N–H and O–H groups in total. The molecule has 0 radical (unpaired) electrons. The number of benzene rings is 1. The number of hydrogen-bond acceptors (Lipinski definition) is 5. The molecular formula is C20H13F3N4O. The molecule has 0 aliphatic rings. The summed E-state index contributed by atoms with van der Waals surface area (Å²) in [6, 6.07) is 12.0. The molecule has 0 aliphatic carbocycles. The molecular weight excluding hydrogens is 369 g/mol. The second kappa shape index (κ2) is 6.88. The maximum atomic E-state index is 12.8. The second-order valence-electron chi connectivity index (χ2n) is 6.12. The zero-order chi connectivity index (χ0) is 19.7. The van der Waals surface area contributed by atoms with E-state index in [0.29, 0.717) is 33.9 Å². The van der Waals surface area contributed by atoms with Gasteiger partial charge in [-0.25, -0.2) is 4.98 Å². The molecule has 3 aromatic heterocycles. The van der Waals surface area contributed by atoms with Crippen molar-refractivity contribution in [2.75, 3.05) is 0 Å². The Morgan fingerprint density at radius 1 is 0.893 bits per heavy atom. The molecule has 0 amide bonds. The van der Waals surface area contributed by atoms with Crippen LogP contribution in [0.3, 0.4) is 0 Å². The van der Waals surface area contributed by atoms with Gasteiger partial charge in [-0.2, -0.15) is 18.2 Å². The summed E-state index contributed by atoms with van der Waals surface area (Å²) in [6.07, 6.45) is -1.11. The fourth-order valence-electron chi connectivity index (χ4n) is 2.74. The van der Waals surface area contributed by atoms with Crippen LogP contribution < -0.4 is 0 Å². The SMILES string of the molecule is Cc1cc(-c2ccc(C(F)(F)F)cc2)cc(-c2nc(-c3cccnc3)no2)n1. The van der Waals surface area contributed by atoms with E-state index in [1.165, 1.54) is 12.1 Å². The molecule has 4 aromatic rings. The van der Waals surface area contributed by atoms with Crippen molar-refractivity contribution in [2.45, 2.75) is 13.1 Å². The van der Waals surface area contributed by atoms with Crippen molar-refractivity contribution in [3.8, 4) is 34.1 Å². The normalized spacial score (nSPS) is 11.6. The van der Waals surface area contributed by atoms with E-state index in [-0.39, 0.29) is 5.89 Å². The van der Waals surface area contributed by atoms with E-state index in [0.717, 1.165) is 12.1 Å². The van der Waals surface area contributed by atoms with Crippen LogP contribution in [0.2, 0.25) is 0 Å². The summed E-state index contributed by atoms with van der Waals surface area (Å²) in [4.78, 5) is 12.8. The Bertz CT molecular complexity index is 1110. The van der Waals surface area contributed by atoms with Gasteiger partial charge in [-0.1, -0.05) is 17.3 Å². The lowest BCUT2D eigenvalue weighted by atomic mass is 10.0. The van der Waals surface area contributed by atoms with Gasteiger partial charge in [0.1, 0.15) is 5.69 Å². The number of hydrogen-bond donors (Lipinski definition) is 0. The van der Waals surface area contributed by atoms with Crippen molar-refractivity contribution < 1.29 is 17.7 Å². The van der Waals surface area contributed by atoms with Crippen LogP contribution >= 0.6 is 0 Å². The lowest BCUT2D eigenvalue weighted by Crippen LogP contribution is -2.04. The van der Waals surface area contributed by atoms with E-state index in [2.05, 4.69) is 20.1 Å². The molecule has 140 valence electrons. The molecule has 4 rings (SSSR count). The van der Waals surface area contributed by atoms with E-state index in [4.69, 9.17) is 4.52 Å². The fraction of sp³-hybridized carbons (Fsp3) is 0.100. The summed E-state index contributed by atoms with van der Waals surface area (Å²) in [6.45, 7) is 1.79. The minimum atomic E-state index is -4.37.